The number of fused-ring (bicyclic) bond motifs is 1. The molecule has 0 saturated carbocycles. The van der Waals surface area contributed by atoms with Crippen molar-refractivity contribution in [1.82, 2.24) is 5.32 Å². The summed E-state index contributed by atoms with van der Waals surface area (Å²) in [5.74, 6) is 0. The quantitative estimate of drug-likeness (QED) is 0.881. The number of aryl methyl sites for hydroxylation is 2. The third-order valence-electron chi connectivity index (χ3n) is 4.49. The molecule has 19 heavy (non-hydrogen) atoms. The molecular weight excluding hydrogens is 236 g/mol. The number of hydrogen-bond acceptors (Lipinski definition) is 3. The van der Waals surface area contributed by atoms with E-state index in [0.29, 0.717) is 12.1 Å². The van der Waals surface area contributed by atoms with Gasteiger partial charge in [-0.15, -0.1) is 0 Å². The predicted octanol–water partition coefficient (Wildman–Crippen LogP) is 2.12. The Morgan fingerprint density at radius 1 is 1.37 bits per heavy atom. The van der Waals surface area contributed by atoms with Crippen LogP contribution >= 0.6 is 0 Å². The molecule has 0 spiro atoms. The van der Waals surface area contributed by atoms with Crippen LogP contribution in [-0.4, -0.2) is 38.9 Å². The van der Waals surface area contributed by atoms with Crippen molar-refractivity contribution in [3.63, 3.8) is 0 Å². The largest absolute Gasteiger partial charge is 0.379 e. The summed E-state index contributed by atoms with van der Waals surface area (Å²) in [4.78, 5) is 2.57. The maximum Gasteiger partial charge on any atom is 0.0685 e. The van der Waals surface area contributed by atoms with Gasteiger partial charge in [-0.25, -0.2) is 0 Å². The van der Waals surface area contributed by atoms with Gasteiger partial charge in [-0.2, -0.15) is 0 Å². The second-order valence-corrected chi connectivity index (χ2v) is 5.76. The molecule has 0 radical (unpaired) electrons. The van der Waals surface area contributed by atoms with Crippen molar-refractivity contribution >= 4 is 5.69 Å². The van der Waals surface area contributed by atoms with Crippen LogP contribution in [0.1, 0.15) is 24.0 Å². The molecule has 3 heteroatoms. The fraction of sp³-hybridized carbons (Fsp3) is 0.625. The van der Waals surface area contributed by atoms with Gasteiger partial charge < -0.3 is 15.0 Å². The monoisotopic (exact) mass is 260 g/mol. The Hall–Kier alpha value is -1.06. The summed E-state index contributed by atoms with van der Waals surface area (Å²) >= 11 is 0. The van der Waals surface area contributed by atoms with E-state index in [1.165, 1.54) is 29.7 Å². The predicted molar refractivity (Wildman–Crippen MR) is 78.9 cm³/mol. The smallest absolute Gasteiger partial charge is 0.0685 e. The highest BCUT2D eigenvalue weighted by molar-refractivity contribution is 5.57. The van der Waals surface area contributed by atoms with E-state index < -0.39 is 0 Å². The Morgan fingerprint density at radius 3 is 3.11 bits per heavy atom. The summed E-state index contributed by atoms with van der Waals surface area (Å²) in [7, 11) is 2.07. The minimum atomic E-state index is 0.473. The summed E-state index contributed by atoms with van der Waals surface area (Å²) in [6, 6.07) is 7.89. The minimum absolute atomic E-state index is 0.473. The molecule has 1 N–H and O–H groups in total. The molecule has 2 aliphatic heterocycles. The van der Waals surface area contributed by atoms with Gasteiger partial charge in [-0.3, -0.25) is 0 Å². The summed E-state index contributed by atoms with van der Waals surface area (Å²) in [5.41, 5.74) is 4.30. The first-order valence-corrected chi connectivity index (χ1v) is 7.41. The highest BCUT2D eigenvalue weighted by Gasteiger charge is 2.32. The summed E-state index contributed by atoms with van der Waals surface area (Å²) < 4.78 is 5.72. The average molecular weight is 260 g/mol. The molecule has 2 aliphatic rings. The molecule has 0 aliphatic carbocycles. The number of benzene rings is 1. The van der Waals surface area contributed by atoms with Crippen molar-refractivity contribution < 1.29 is 4.74 Å². The van der Waals surface area contributed by atoms with Gasteiger partial charge in [0.05, 0.1) is 12.6 Å². The molecule has 1 aromatic rings. The number of ether oxygens (including phenoxy) is 1. The number of anilines is 1. The first-order valence-electron chi connectivity index (χ1n) is 7.41. The summed E-state index contributed by atoms with van der Waals surface area (Å²) in [6.45, 7) is 5.07. The van der Waals surface area contributed by atoms with Crippen LogP contribution < -0.4 is 10.2 Å². The number of likely N-dealkylation sites (N-methyl/N-ethyl adjacent to an activating group) is 1. The Kier molecular flexibility index (Phi) is 3.76. The zero-order chi connectivity index (χ0) is 13.2. The number of hydrogen-bond donors (Lipinski definition) is 1. The molecule has 1 saturated heterocycles. The van der Waals surface area contributed by atoms with Crippen LogP contribution in [-0.2, 0) is 11.2 Å². The lowest BCUT2D eigenvalue weighted by molar-refractivity contribution is 0.0604. The second kappa shape index (κ2) is 5.51. The van der Waals surface area contributed by atoms with Crippen molar-refractivity contribution in [2.75, 3.05) is 31.7 Å². The van der Waals surface area contributed by atoms with Crippen LogP contribution in [0.2, 0.25) is 0 Å². The Bertz CT molecular complexity index is 446. The number of nitrogens with one attached hydrogen (secondary N) is 1. The Morgan fingerprint density at radius 2 is 2.26 bits per heavy atom. The molecule has 3 rings (SSSR count). The minimum Gasteiger partial charge on any atom is -0.379 e. The molecule has 1 aromatic carbocycles. The zero-order valence-electron chi connectivity index (χ0n) is 12.0. The molecule has 1 fully saturated rings. The third-order valence-corrected chi connectivity index (χ3v) is 4.49. The molecule has 2 unspecified atom stereocenters. The Balaban J connectivity index is 1.89. The maximum atomic E-state index is 5.72. The van der Waals surface area contributed by atoms with Gasteiger partial charge in [0.15, 0.2) is 0 Å². The van der Waals surface area contributed by atoms with Gasteiger partial charge >= 0.3 is 0 Å². The van der Waals surface area contributed by atoms with Gasteiger partial charge in [-0.05, 0) is 44.9 Å². The van der Waals surface area contributed by atoms with Crippen LogP contribution in [0.3, 0.4) is 0 Å². The Labute approximate surface area is 115 Å². The van der Waals surface area contributed by atoms with Gasteiger partial charge in [0, 0.05) is 24.9 Å². The lowest BCUT2D eigenvalue weighted by Crippen LogP contribution is -2.56. The van der Waals surface area contributed by atoms with Crippen LogP contribution in [0.25, 0.3) is 0 Å². The van der Waals surface area contributed by atoms with Crippen molar-refractivity contribution in [2.45, 2.75) is 38.3 Å². The summed E-state index contributed by atoms with van der Waals surface area (Å²) in [6.07, 6.45) is 3.58. The van der Waals surface area contributed by atoms with Crippen molar-refractivity contribution in [3.05, 3.63) is 29.3 Å². The van der Waals surface area contributed by atoms with Crippen LogP contribution in [0.15, 0.2) is 18.2 Å². The van der Waals surface area contributed by atoms with E-state index in [0.717, 1.165) is 26.2 Å². The topological polar surface area (TPSA) is 24.5 Å². The fourth-order valence-corrected chi connectivity index (χ4v) is 3.47. The summed E-state index contributed by atoms with van der Waals surface area (Å²) in [5, 5.41) is 3.47. The molecule has 0 aromatic heterocycles. The van der Waals surface area contributed by atoms with Gasteiger partial charge in [0.25, 0.3) is 0 Å². The molecule has 3 nitrogen and oxygen atoms in total. The van der Waals surface area contributed by atoms with E-state index in [1.807, 2.05) is 0 Å². The third kappa shape index (κ3) is 2.49. The van der Waals surface area contributed by atoms with E-state index in [2.05, 4.69) is 42.4 Å². The molecule has 104 valence electrons. The van der Waals surface area contributed by atoms with Crippen LogP contribution in [0.5, 0.6) is 0 Å². The first-order chi connectivity index (χ1) is 9.29. The van der Waals surface area contributed by atoms with E-state index in [4.69, 9.17) is 4.74 Å². The van der Waals surface area contributed by atoms with Gasteiger partial charge in [0.2, 0.25) is 0 Å². The normalized spacial score (nSPS) is 27.2. The lowest BCUT2D eigenvalue weighted by Gasteiger charge is -2.43. The van der Waals surface area contributed by atoms with E-state index >= 15 is 0 Å². The lowest BCUT2D eigenvalue weighted by atomic mass is 9.94. The van der Waals surface area contributed by atoms with Crippen molar-refractivity contribution in [2.24, 2.45) is 0 Å². The highest BCUT2D eigenvalue weighted by atomic mass is 16.5. The SMILES string of the molecule is CNC1CCOCC1N1CCCc2cc(C)ccc21. The average Bonchev–Trinajstić information content (AvgIpc) is 2.46. The number of rotatable bonds is 2. The second-order valence-electron chi connectivity index (χ2n) is 5.76. The van der Waals surface area contributed by atoms with E-state index in [9.17, 15) is 0 Å². The van der Waals surface area contributed by atoms with Gasteiger partial charge in [-0.1, -0.05) is 17.7 Å². The molecule has 0 bridgehead atoms. The van der Waals surface area contributed by atoms with E-state index in [1.54, 1.807) is 0 Å². The van der Waals surface area contributed by atoms with Crippen molar-refractivity contribution in [1.29, 1.82) is 0 Å². The maximum absolute atomic E-state index is 5.72. The van der Waals surface area contributed by atoms with Gasteiger partial charge in [0.1, 0.15) is 0 Å². The molecule has 2 atom stereocenters. The number of nitrogens with zero attached hydrogens (tertiary/aromatic N) is 1. The van der Waals surface area contributed by atoms with E-state index in [-0.39, 0.29) is 0 Å². The zero-order valence-corrected chi connectivity index (χ0v) is 12.0. The fourth-order valence-electron chi connectivity index (χ4n) is 3.47. The molecular formula is C16H24N2O. The molecule has 0 amide bonds. The van der Waals surface area contributed by atoms with Crippen LogP contribution in [0.4, 0.5) is 5.69 Å². The van der Waals surface area contributed by atoms with Crippen molar-refractivity contribution in [3.8, 4) is 0 Å². The molecule has 2 heterocycles. The highest BCUT2D eigenvalue weighted by Crippen LogP contribution is 2.31. The standard InChI is InChI=1S/C16H24N2O/c1-12-5-6-15-13(10-12)4-3-8-18(15)16-11-19-9-7-14(16)17-2/h5-6,10,14,16-17H,3-4,7-9,11H2,1-2H3. The van der Waals surface area contributed by atoms with Crippen LogP contribution in [0, 0.1) is 6.92 Å². The first kappa shape index (κ1) is 12.9.